The van der Waals surface area contributed by atoms with Crippen molar-refractivity contribution in [2.24, 2.45) is 0 Å². The zero-order valence-corrected chi connectivity index (χ0v) is 12.8. The van der Waals surface area contributed by atoms with Crippen LogP contribution in [0.15, 0.2) is 34.8 Å². The smallest absolute Gasteiger partial charge is 0.352 e. The maximum absolute atomic E-state index is 11.2. The normalized spacial score (nSPS) is 10.6. The minimum absolute atomic E-state index is 0.0224. The second kappa shape index (κ2) is 6.09. The van der Waals surface area contributed by atoms with Crippen LogP contribution in [0, 0.1) is 10.1 Å². The standard InChI is InChI=1S/C14H13BrN2O4/c1-2-7-16-11(5-6-13(16)14(18)19)9-3-4-12(17(20)21)10(15)8-9/h3-6,8H,2,7H2,1H3,(H,18,19). The van der Waals surface area contributed by atoms with Gasteiger partial charge in [-0.2, -0.15) is 0 Å². The van der Waals surface area contributed by atoms with Gasteiger partial charge in [0.25, 0.3) is 5.69 Å². The number of carboxylic acids is 1. The molecule has 21 heavy (non-hydrogen) atoms. The van der Waals surface area contributed by atoms with Gasteiger partial charge in [-0.05, 0) is 52.2 Å². The highest BCUT2D eigenvalue weighted by atomic mass is 79.9. The lowest BCUT2D eigenvalue weighted by Crippen LogP contribution is -2.09. The van der Waals surface area contributed by atoms with E-state index in [-0.39, 0.29) is 11.4 Å². The van der Waals surface area contributed by atoms with Crippen molar-refractivity contribution in [3.05, 3.63) is 50.6 Å². The van der Waals surface area contributed by atoms with Crippen LogP contribution in [0.5, 0.6) is 0 Å². The molecule has 1 aromatic heterocycles. The molecule has 0 saturated heterocycles. The molecule has 0 atom stereocenters. The number of hydrogen-bond donors (Lipinski definition) is 1. The van der Waals surface area contributed by atoms with Gasteiger partial charge >= 0.3 is 5.97 Å². The molecule has 1 aromatic carbocycles. The van der Waals surface area contributed by atoms with E-state index >= 15 is 0 Å². The van der Waals surface area contributed by atoms with Crippen LogP contribution in [0.2, 0.25) is 0 Å². The lowest BCUT2D eigenvalue weighted by molar-refractivity contribution is -0.385. The van der Waals surface area contributed by atoms with Crippen molar-refractivity contribution < 1.29 is 14.8 Å². The van der Waals surface area contributed by atoms with Gasteiger partial charge in [-0.15, -0.1) is 0 Å². The molecule has 0 aliphatic rings. The number of nitrogens with zero attached hydrogens (tertiary/aromatic N) is 2. The third kappa shape index (κ3) is 2.97. The number of hydrogen-bond acceptors (Lipinski definition) is 3. The Morgan fingerprint density at radius 1 is 1.38 bits per heavy atom. The van der Waals surface area contributed by atoms with Crippen molar-refractivity contribution in [1.82, 2.24) is 4.57 Å². The molecule has 110 valence electrons. The molecular weight excluding hydrogens is 340 g/mol. The summed E-state index contributed by atoms with van der Waals surface area (Å²) >= 11 is 3.18. The quantitative estimate of drug-likeness (QED) is 0.652. The van der Waals surface area contributed by atoms with E-state index in [2.05, 4.69) is 15.9 Å². The van der Waals surface area contributed by atoms with Crippen LogP contribution in [-0.4, -0.2) is 20.6 Å². The van der Waals surface area contributed by atoms with Crippen LogP contribution in [0.3, 0.4) is 0 Å². The van der Waals surface area contributed by atoms with Gasteiger partial charge < -0.3 is 9.67 Å². The average Bonchev–Trinajstić information content (AvgIpc) is 2.82. The fraction of sp³-hybridized carbons (Fsp3) is 0.214. The fourth-order valence-corrected chi connectivity index (χ4v) is 2.71. The van der Waals surface area contributed by atoms with Gasteiger partial charge in [0, 0.05) is 18.3 Å². The Labute approximate surface area is 129 Å². The molecule has 0 radical (unpaired) electrons. The van der Waals surface area contributed by atoms with Crippen molar-refractivity contribution in [2.75, 3.05) is 0 Å². The molecule has 1 heterocycles. The number of aromatic nitrogens is 1. The van der Waals surface area contributed by atoms with E-state index < -0.39 is 10.9 Å². The van der Waals surface area contributed by atoms with Crippen molar-refractivity contribution in [1.29, 1.82) is 0 Å². The zero-order valence-electron chi connectivity index (χ0n) is 11.2. The topological polar surface area (TPSA) is 85.4 Å². The predicted octanol–water partition coefficient (Wildman–Crippen LogP) is 3.93. The fourth-order valence-electron chi connectivity index (χ4n) is 2.19. The third-order valence-electron chi connectivity index (χ3n) is 3.09. The van der Waals surface area contributed by atoms with Gasteiger partial charge in [0.2, 0.25) is 0 Å². The number of benzene rings is 1. The van der Waals surface area contributed by atoms with E-state index in [1.165, 1.54) is 6.07 Å². The number of halogens is 1. The first-order valence-corrected chi connectivity index (χ1v) is 7.12. The van der Waals surface area contributed by atoms with Crippen molar-refractivity contribution in [2.45, 2.75) is 19.9 Å². The Kier molecular flexibility index (Phi) is 4.42. The predicted molar refractivity (Wildman–Crippen MR) is 81.5 cm³/mol. The van der Waals surface area contributed by atoms with E-state index in [0.717, 1.165) is 17.7 Å². The summed E-state index contributed by atoms with van der Waals surface area (Å²) in [7, 11) is 0. The number of carbonyl (C=O) groups is 1. The van der Waals surface area contributed by atoms with Crippen molar-refractivity contribution in [3.8, 4) is 11.3 Å². The number of aromatic carboxylic acids is 1. The van der Waals surface area contributed by atoms with Crippen molar-refractivity contribution >= 4 is 27.6 Å². The minimum Gasteiger partial charge on any atom is -0.477 e. The van der Waals surface area contributed by atoms with Gasteiger partial charge in [-0.1, -0.05) is 6.92 Å². The van der Waals surface area contributed by atoms with Crippen LogP contribution >= 0.6 is 15.9 Å². The first-order valence-electron chi connectivity index (χ1n) is 6.32. The second-order valence-electron chi connectivity index (χ2n) is 4.48. The SMILES string of the molecule is CCCn1c(C(=O)O)ccc1-c1ccc([N+](=O)[O-])c(Br)c1. The molecule has 0 aliphatic carbocycles. The molecule has 7 heteroatoms. The highest BCUT2D eigenvalue weighted by Gasteiger charge is 2.17. The lowest BCUT2D eigenvalue weighted by Gasteiger charge is -2.11. The highest BCUT2D eigenvalue weighted by Crippen LogP contribution is 2.31. The molecule has 0 amide bonds. The van der Waals surface area contributed by atoms with Crippen LogP contribution in [-0.2, 0) is 6.54 Å². The molecule has 0 aliphatic heterocycles. The summed E-state index contributed by atoms with van der Waals surface area (Å²) in [4.78, 5) is 21.6. The van der Waals surface area contributed by atoms with E-state index in [1.807, 2.05) is 6.92 Å². The molecule has 0 bridgehead atoms. The maximum atomic E-state index is 11.2. The van der Waals surface area contributed by atoms with Gasteiger partial charge in [0.05, 0.1) is 9.40 Å². The highest BCUT2D eigenvalue weighted by molar-refractivity contribution is 9.10. The summed E-state index contributed by atoms with van der Waals surface area (Å²) in [6, 6.07) is 7.92. The summed E-state index contributed by atoms with van der Waals surface area (Å²) < 4.78 is 2.07. The molecule has 0 unspecified atom stereocenters. The molecule has 0 fully saturated rings. The molecule has 1 N–H and O–H groups in total. The first kappa shape index (κ1) is 15.2. The van der Waals surface area contributed by atoms with E-state index in [1.54, 1.807) is 28.8 Å². The Balaban J connectivity index is 2.54. The number of carboxylic acid groups (broad SMARTS) is 1. The number of nitro benzene ring substituents is 1. The van der Waals surface area contributed by atoms with Crippen LogP contribution in [0.4, 0.5) is 5.69 Å². The Morgan fingerprint density at radius 3 is 2.62 bits per heavy atom. The van der Waals surface area contributed by atoms with Crippen LogP contribution in [0.25, 0.3) is 11.3 Å². The molecule has 6 nitrogen and oxygen atoms in total. The summed E-state index contributed by atoms with van der Waals surface area (Å²) in [5, 5.41) is 20.0. The summed E-state index contributed by atoms with van der Waals surface area (Å²) in [5.74, 6) is -0.990. The van der Waals surface area contributed by atoms with E-state index in [4.69, 9.17) is 0 Å². The average molecular weight is 353 g/mol. The van der Waals surface area contributed by atoms with E-state index in [0.29, 0.717) is 11.0 Å². The van der Waals surface area contributed by atoms with Crippen molar-refractivity contribution in [3.63, 3.8) is 0 Å². The third-order valence-corrected chi connectivity index (χ3v) is 3.72. The molecule has 0 saturated carbocycles. The molecular formula is C14H13BrN2O4. The summed E-state index contributed by atoms with van der Waals surface area (Å²) in [5.41, 5.74) is 1.64. The molecule has 2 aromatic rings. The monoisotopic (exact) mass is 352 g/mol. The van der Waals surface area contributed by atoms with Gasteiger partial charge in [-0.25, -0.2) is 4.79 Å². The maximum Gasteiger partial charge on any atom is 0.352 e. The first-order chi connectivity index (χ1) is 9.95. The number of rotatable bonds is 5. The van der Waals surface area contributed by atoms with Gasteiger partial charge in [0.15, 0.2) is 0 Å². The van der Waals surface area contributed by atoms with Gasteiger partial charge in [-0.3, -0.25) is 10.1 Å². The zero-order chi connectivity index (χ0) is 15.6. The Bertz CT molecular complexity index is 709. The van der Waals surface area contributed by atoms with E-state index in [9.17, 15) is 20.0 Å². The Hall–Kier alpha value is -2.15. The molecule has 0 spiro atoms. The summed E-state index contributed by atoms with van der Waals surface area (Å²) in [6.07, 6.45) is 0.788. The van der Waals surface area contributed by atoms with Crippen LogP contribution < -0.4 is 0 Å². The van der Waals surface area contributed by atoms with Crippen LogP contribution in [0.1, 0.15) is 23.8 Å². The molecule has 2 rings (SSSR count). The lowest BCUT2D eigenvalue weighted by atomic mass is 10.1. The Morgan fingerprint density at radius 2 is 2.10 bits per heavy atom. The summed E-state index contributed by atoms with van der Waals surface area (Å²) in [6.45, 7) is 2.53. The largest absolute Gasteiger partial charge is 0.477 e. The second-order valence-corrected chi connectivity index (χ2v) is 5.34. The number of nitro groups is 1. The minimum atomic E-state index is -0.990. The van der Waals surface area contributed by atoms with Gasteiger partial charge in [0.1, 0.15) is 5.69 Å².